The summed E-state index contributed by atoms with van der Waals surface area (Å²) in [5.41, 5.74) is 3.10. The molecule has 0 saturated heterocycles. The van der Waals surface area contributed by atoms with Crippen LogP contribution in [0.15, 0.2) is 54.6 Å². The van der Waals surface area contributed by atoms with Crippen molar-refractivity contribution in [2.45, 2.75) is 26.2 Å². The Kier molecular flexibility index (Phi) is 4.81. The molecule has 0 heterocycles. The van der Waals surface area contributed by atoms with E-state index < -0.39 is 0 Å². The van der Waals surface area contributed by atoms with Gasteiger partial charge in [0.1, 0.15) is 5.75 Å². The molecule has 2 aromatic carbocycles. The van der Waals surface area contributed by atoms with Crippen LogP contribution in [0.3, 0.4) is 0 Å². The molecule has 0 saturated carbocycles. The average molecular weight is 294 g/mol. The van der Waals surface area contributed by atoms with Gasteiger partial charge in [-0.2, -0.15) is 0 Å². The molecule has 0 radical (unpaired) electrons. The van der Waals surface area contributed by atoms with Gasteiger partial charge in [-0.05, 0) is 46.9 Å². The van der Waals surface area contributed by atoms with Crippen molar-refractivity contribution in [3.63, 3.8) is 0 Å². The number of ether oxygens (including phenoxy) is 1. The maximum Gasteiger partial charge on any atom is 0.185 e. The van der Waals surface area contributed by atoms with E-state index in [0.29, 0.717) is 5.56 Å². The van der Waals surface area contributed by atoms with Crippen molar-refractivity contribution >= 4 is 11.9 Å². The molecule has 0 aliphatic heterocycles. The fourth-order valence-corrected chi connectivity index (χ4v) is 2.12. The molecule has 22 heavy (non-hydrogen) atoms. The van der Waals surface area contributed by atoms with Crippen molar-refractivity contribution in [3.05, 3.63) is 71.3 Å². The van der Waals surface area contributed by atoms with Crippen molar-refractivity contribution in [2.75, 3.05) is 7.11 Å². The zero-order valence-electron chi connectivity index (χ0n) is 13.6. The first-order chi connectivity index (χ1) is 10.4. The molecule has 2 heteroatoms. The van der Waals surface area contributed by atoms with Crippen LogP contribution < -0.4 is 4.74 Å². The minimum atomic E-state index is -0.0115. The first kappa shape index (κ1) is 16.0. The van der Waals surface area contributed by atoms with E-state index in [1.807, 2.05) is 18.2 Å². The minimum Gasteiger partial charge on any atom is -0.497 e. The molecule has 0 amide bonds. The minimum absolute atomic E-state index is 0.0115. The number of ketones is 1. The topological polar surface area (TPSA) is 26.3 Å². The average Bonchev–Trinajstić information content (AvgIpc) is 2.52. The molecule has 0 aliphatic carbocycles. The number of rotatable bonds is 4. The van der Waals surface area contributed by atoms with Crippen molar-refractivity contribution in [1.29, 1.82) is 0 Å². The van der Waals surface area contributed by atoms with Crippen LogP contribution in [0, 0.1) is 0 Å². The number of hydrogen-bond acceptors (Lipinski definition) is 2. The lowest BCUT2D eigenvalue weighted by Gasteiger charge is -2.18. The Morgan fingerprint density at radius 2 is 1.55 bits per heavy atom. The summed E-state index contributed by atoms with van der Waals surface area (Å²) in [5, 5.41) is 0. The van der Waals surface area contributed by atoms with Gasteiger partial charge in [-0.25, -0.2) is 0 Å². The highest BCUT2D eigenvalue weighted by Crippen LogP contribution is 2.22. The van der Waals surface area contributed by atoms with Crippen LogP contribution >= 0.6 is 0 Å². The summed E-state index contributed by atoms with van der Waals surface area (Å²) in [5.74, 6) is 0.737. The van der Waals surface area contributed by atoms with Crippen LogP contribution in [0.4, 0.5) is 0 Å². The van der Waals surface area contributed by atoms with Gasteiger partial charge in [0, 0.05) is 5.56 Å². The lowest BCUT2D eigenvalue weighted by molar-refractivity contribution is 0.104. The lowest BCUT2D eigenvalue weighted by Crippen LogP contribution is -2.10. The van der Waals surface area contributed by atoms with E-state index in [0.717, 1.165) is 11.3 Å². The van der Waals surface area contributed by atoms with Gasteiger partial charge < -0.3 is 4.74 Å². The molecule has 0 spiro atoms. The first-order valence-corrected chi connectivity index (χ1v) is 7.37. The van der Waals surface area contributed by atoms with Gasteiger partial charge in [0.25, 0.3) is 0 Å². The van der Waals surface area contributed by atoms with E-state index in [9.17, 15) is 4.79 Å². The zero-order chi connectivity index (χ0) is 16.2. The normalized spacial score (nSPS) is 11.6. The fourth-order valence-electron chi connectivity index (χ4n) is 2.12. The van der Waals surface area contributed by atoms with E-state index in [1.165, 1.54) is 5.56 Å². The SMILES string of the molecule is COc1ccc(C(=O)C=Cc2ccc(C(C)(C)C)cc2)cc1. The number of carbonyl (C=O) groups excluding carboxylic acids is 1. The Labute approximate surface area is 132 Å². The van der Waals surface area contributed by atoms with E-state index >= 15 is 0 Å². The fraction of sp³-hybridized carbons (Fsp3) is 0.250. The predicted octanol–water partition coefficient (Wildman–Crippen LogP) is 4.89. The highest BCUT2D eigenvalue weighted by Gasteiger charge is 2.12. The molecular weight excluding hydrogens is 272 g/mol. The number of benzene rings is 2. The van der Waals surface area contributed by atoms with E-state index in [-0.39, 0.29) is 11.2 Å². The monoisotopic (exact) mass is 294 g/mol. The van der Waals surface area contributed by atoms with Crippen molar-refractivity contribution in [2.24, 2.45) is 0 Å². The summed E-state index contributed by atoms with van der Waals surface area (Å²) in [6.45, 7) is 6.56. The molecule has 0 unspecified atom stereocenters. The van der Waals surface area contributed by atoms with Crippen molar-refractivity contribution in [3.8, 4) is 5.75 Å². The second-order valence-electron chi connectivity index (χ2n) is 6.30. The third kappa shape index (κ3) is 4.08. The number of allylic oxidation sites excluding steroid dienone is 1. The van der Waals surface area contributed by atoms with Gasteiger partial charge in [0.15, 0.2) is 5.78 Å². The number of hydrogen-bond donors (Lipinski definition) is 0. The highest BCUT2D eigenvalue weighted by molar-refractivity contribution is 6.06. The van der Waals surface area contributed by atoms with Crippen LogP contribution in [0.2, 0.25) is 0 Å². The van der Waals surface area contributed by atoms with E-state index in [1.54, 1.807) is 37.5 Å². The van der Waals surface area contributed by atoms with Gasteiger partial charge in [-0.3, -0.25) is 4.79 Å². The van der Waals surface area contributed by atoms with Crippen LogP contribution in [0.5, 0.6) is 5.75 Å². The van der Waals surface area contributed by atoms with E-state index in [2.05, 4.69) is 32.9 Å². The molecule has 0 atom stereocenters. The Hall–Kier alpha value is -2.35. The first-order valence-electron chi connectivity index (χ1n) is 7.37. The maximum absolute atomic E-state index is 12.1. The maximum atomic E-state index is 12.1. The third-order valence-corrected chi connectivity index (χ3v) is 3.58. The largest absolute Gasteiger partial charge is 0.497 e. The summed E-state index contributed by atoms with van der Waals surface area (Å²) in [6, 6.07) is 15.4. The molecule has 2 aromatic rings. The number of methoxy groups -OCH3 is 1. The van der Waals surface area contributed by atoms with Gasteiger partial charge in [0.05, 0.1) is 7.11 Å². The van der Waals surface area contributed by atoms with E-state index in [4.69, 9.17) is 4.74 Å². The summed E-state index contributed by atoms with van der Waals surface area (Å²) in [7, 11) is 1.61. The molecule has 114 valence electrons. The van der Waals surface area contributed by atoms with Crippen LogP contribution in [0.25, 0.3) is 6.08 Å². The van der Waals surface area contributed by atoms with Gasteiger partial charge in [-0.15, -0.1) is 0 Å². The van der Waals surface area contributed by atoms with Gasteiger partial charge in [-0.1, -0.05) is 51.1 Å². The van der Waals surface area contributed by atoms with Crippen LogP contribution in [-0.2, 0) is 5.41 Å². The van der Waals surface area contributed by atoms with Crippen molar-refractivity contribution in [1.82, 2.24) is 0 Å². The third-order valence-electron chi connectivity index (χ3n) is 3.58. The summed E-state index contributed by atoms with van der Waals surface area (Å²) in [6.07, 6.45) is 3.45. The molecule has 0 N–H and O–H groups in total. The smallest absolute Gasteiger partial charge is 0.185 e. The quantitative estimate of drug-likeness (QED) is 0.593. The Balaban J connectivity index is 2.08. The van der Waals surface area contributed by atoms with Gasteiger partial charge >= 0.3 is 0 Å². The lowest BCUT2D eigenvalue weighted by atomic mass is 9.87. The van der Waals surface area contributed by atoms with Gasteiger partial charge in [0.2, 0.25) is 0 Å². The highest BCUT2D eigenvalue weighted by atomic mass is 16.5. The number of carbonyl (C=O) groups is 1. The van der Waals surface area contributed by atoms with Crippen LogP contribution in [0.1, 0.15) is 42.3 Å². The standard InChI is InChI=1S/C20H22O2/c1-20(2,3)17-10-5-15(6-11-17)7-14-19(21)16-8-12-18(22-4)13-9-16/h5-14H,1-4H3. The Morgan fingerprint density at radius 3 is 2.05 bits per heavy atom. The molecule has 2 nitrogen and oxygen atoms in total. The molecule has 0 bridgehead atoms. The van der Waals surface area contributed by atoms with Crippen molar-refractivity contribution < 1.29 is 9.53 Å². The molecule has 0 fully saturated rings. The molecular formula is C20H22O2. The summed E-state index contributed by atoms with van der Waals surface area (Å²) in [4.78, 5) is 12.1. The Morgan fingerprint density at radius 1 is 0.955 bits per heavy atom. The second kappa shape index (κ2) is 6.61. The predicted molar refractivity (Wildman–Crippen MR) is 91.5 cm³/mol. The van der Waals surface area contributed by atoms with Crippen LogP contribution in [-0.4, -0.2) is 12.9 Å². The molecule has 2 rings (SSSR count). The Bertz CT molecular complexity index is 656. The summed E-state index contributed by atoms with van der Waals surface area (Å²) < 4.78 is 5.09. The molecule has 0 aromatic heterocycles. The zero-order valence-corrected chi connectivity index (χ0v) is 13.6. The molecule has 0 aliphatic rings. The summed E-state index contributed by atoms with van der Waals surface area (Å²) >= 11 is 0. The second-order valence-corrected chi connectivity index (χ2v) is 6.30.